The maximum atomic E-state index is 9.31. The molecule has 0 radical (unpaired) electrons. The Morgan fingerprint density at radius 3 is 2.78 bits per heavy atom. The molecule has 148 valence electrons. The number of ether oxygens (including phenoxy) is 1. The fourth-order valence-corrected chi connectivity index (χ4v) is 3.09. The molecule has 0 aliphatic carbocycles. The molecule has 1 aliphatic heterocycles. The molecule has 3 N–H and O–H groups in total. The van der Waals surface area contributed by atoms with Crippen molar-refractivity contribution in [1.82, 2.24) is 15.6 Å². The minimum absolute atomic E-state index is 0. The Morgan fingerprint density at radius 2 is 2.11 bits per heavy atom. The van der Waals surface area contributed by atoms with Crippen molar-refractivity contribution in [3.05, 3.63) is 42.4 Å². The number of guanidine groups is 1. The van der Waals surface area contributed by atoms with E-state index in [2.05, 4.69) is 20.6 Å². The van der Waals surface area contributed by atoms with Crippen molar-refractivity contribution in [2.75, 3.05) is 33.4 Å². The Morgan fingerprint density at radius 1 is 1.30 bits per heavy atom. The number of nitrogens with one attached hydrogen (secondary N) is 2. The van der Waals surface area contributed by atoms with Crippen LogP contribution >= 0.6 is 24.0 Å². The molecule has 1 aromatic carbocycles. The van der Waals surface area contributed by atoms with Gasteiger partial charge in [0.05, 0.1) is 19.3 Å². The van der Waals surface area contributed by atoms with Gasteiger partial charge in [0.2, 0.25) is 5.89 Å². The molecule has 1 aliphatic rings. The summed E-state index contributed by atoms with van der Waals surface area (Å²) in [6, 6.07) is 9.88. The quantitative estimate of drug-likeness (QED) is 0.317. The van der Waals surface area contributed by atoms with E-state index in [1.54, 1.807) is 13.2 Å². The monoisotopic (exact) mass is 486 g/mol. The SMILES string of the molecule is CN=C(NCc1ncc(-c2ccccc2)o1)NCC1(CCO)CCOC1.I. The lowest BCUT2D eigenvalue weighted by atomic mass is 9.84. The minimum atomic E-state index is -0.0320. The van der Waals surface area contributed by atoms with E-state index in [0.717, 1.165) is 30.8 Å². The number of oxazole rings is 1. The second-order valence-electron chi connectivity index (χ2n) is 6.54. The number of aliphatic hydroxyl groups is 1. The molecule has 0 saturated carbocycles. The number of benzene rings is 1. The van der Waals surface area contributed by atoms with E-state index in [0.29, 0.717) is 31.5 Å². The van der Waals surface area contributed by atoms with Gasteiger partial charge in [-0.1, -0.05) is 30.3 Å². The van der Waals surface area contributed by atoms with Crippen molar-refractivity contribution in [2.45, 2.75) is 19.4 Å². The highest BCUT2D eigenvalue weighted by atomic mass is 127. The number of rotatable bonds is 7. The predicted octanol–water partition coefficient (Wildman–Crippen LogP) is 2.41. The second-order valence-corrected chi connectivity index (χ2v) is 6.54. The fraction of sp³-hybridized carbons (Fsp3) is 0.474. The van der Waals surface area contributed by atoms with Gasteiger partial charge in [0, 0.05) is 37.8 Å². The first-order chi connectivity index (χ1) is 12.7. The van der Waals surface area contributed by atoms with E-state index >= 15 is 0 Å². The lowest BCUT2D eigenvalue weighted by molar-refractivity contribution is 0.127. The smallest absolute Gasteiger partial charge is 0.214 e. The molecule has 8 heteroatoms. The van der Waals surface area contributed by atoms with E-state index in [4.69, 9.17) is 9.15 Å². The maximum Gasteiger partial charge on any atom is 0.214 e. The Bertz CT molecular complexity index is 715. The van der Waals surface area contributed by atoms with Crippen LogP contribution in [0.4, 0.5) is 0 Å². The zero-order chi connectivity index (χ0) is 18.2. The van der Waals surface area contributed by atoms with Gasteiger partial charge in [0.15, 0.2) is 11.7 Å². The average Bonchev–Trinajstić information content (AvgIpc) is 3.33. The van der Waals surface area contributed by atoms with E-state index in [1.807, 2.05) is 30.3 Å². The summed E-state index contributed by atoms with van der Waals surface area (Å²) in [6.45, 7) is 2.71. The van der Waals surface area contributed by atoms with Gasteiger partial charge in [0.25, 0.3) is 0 Å². The van der Waals surface area contributed by atoms with Crippen molar-refractivity contribution < 1.29 is 14.3 Å². The van der Waals surface area contributed by atoms with E-state index < -0.39 is 0 Å². The fourth-order valence-electron chi connectivity index (χ4n) is 3.09. The maximum absolute atomic E-state index is 9.31. The van der Waals surface area contributed by atoms with Gasteiger partial charge in [0.1, 0.15) is 0 Å². The molecule has 0 spiro atoms. The van der Waals surface area contributed by atoms with Crippen LogP contribution < -0.4 is 10.6 Å². The summed E-state index contributed by atoms with van der Waals surface area (Å²) in [5.41, 5.74) is 0.969. The second kappa shape index (κ2) is 10.6. The molecule has 2 aromatic rings. The van der Waals surface area contributed by atoms with E-state index in [9.17, 15) is 5.11 Å². The number of hydrogen-bond acceptors (Lipinski definition) is 5. The topological polar surface area (TPSA) is 91.9 Å². The third-order valence-electron chi connectivity index (χ3n) is 4.70. The van der Waals surface area contributed by atoms with Crippen LogP contribution in [0.25, 0.3) is 11.3 Å². The first kappa shape index (κ1) is 21.6. The van der Waals surface area contributed by atoms with E-state index in [-0.39, 0.29) is 36.0 Å². The van der Waals surface area contributed by atoms with Crippen LogP contribution in [0, 0.1) is 5.41 Å². The normalized spacial score (nSPS) is 19.6. The van der Waals surface area contributed by atoms with Gasteiger partial charge >= 0.3 is 0 Å². The molecule has 1 aromatic heterocycles. The molecular formula is C19H27IN4O3. The van der Waals surface area contributed by atoms with Crippen molar-refractivity contribution in [1.29, 1.82) is 0 Å². The summed E-state index contributed by atoms with van der Waals surface area (Å²) in [5.74, 6) is 2.02. The zero-order valence-corrected chi connectivity index (χ0v) is 17.8. The Balaban J connectivity index is 0.00000261. The third kappa shape index (κ3) is 5.91. The summed E-state index contributed by atoms with van der Waals surface area (Å²) in [6.07, 6.45) is 3.39. The summed E-state index contributed by atoms with van der Waals surface area (Å²) in [4.78, 5) is 8.56. The molecule has 7 nitrogen and oxygen atoms in total. The number of halogens is 1. The zero-order valence-electron chi connectivity index (χ0n) is 15.5. The molecule has 0 bridgehead atoms. The van der Waals surface area contributed by atoms with Crippen molar-refractivity contribution in [3.63, 3.8) is 0 Å². The van der Waals surface area contributed by atoms with Crippen LogP contribution in [0.5, 0.6) is 0 Å². The number of aliphatic hydroxyl groups excluding tert-OH is 1. The largest absolute Gasteiger partial charge is 0.439 e. The van der Waals surface area contributed by atoms with Crippen LogP contribution in [-0.2, 0) is 11.3 Å². The number of nitrogens with zero attached hydrogens (tertiary/aromatic N) is 2. The third-order valence-corrected chi connectivity index (χ3v) is 4.70. The average molecular weight is 486 g/mol. The molecule has 2 heterocycles. The first-order valence-corrected chi connectivity index (χ1v) is 8.88. The van der Waals surface area contributed by atoms with Crippen LogP contribution in [0.15, 0.2) is 45.9 Å². The molecule has 1 unspecified atom stereocenters. The van der Waals surface area contributed by atoms with Gasteiger partial charge in [-0.15, -0.1) is 24.0 Å². The highest BCUT2D eigenvalue weighted by molar-refractivity contribution is 14.0. The van der Waals surface area contributed by atoms with Crippen molar-refractivity contribution in [3.8, 4) is 11.3 Å². The van der Waals surface area contributed by atoms with E-state index in [1.165, 1.54) is 0 Å². The minimum Gasteiger partial charge on any atom is -0.439 e. The van der Waals surface area contributed by atoms with Gasteiger partial charge in [-0.2, -0.15) is 0 Å². The summed E-state index contributed by atoms with van der Waals surface area (Å²) in [7, 11) is 1.73. The molecular weight excluding hydrogens is 459 g/mol. The number of aliphatic imine (C=N–C) groups is 1. The Labute approximate surface area is 176 Å². The van der Waals surface area contributed by atoms with Gasteiger partial charge in [-0.05, 0) is 12.8 Å². The summed E-state index contributed by atoms with van der Waals surface area (Å²) in [5, 5.41) is 15.8. The first-order valence-electron chi connectivity index (χ1n) is 8.88. The molecule has 27 heavy (non-hydrogen) atoms. The van der Waals surface area contributed by atoms with Crippen molar-refractivity contribution in [2.24, 2.45) is 10.4 Å². The number of hydrogen-bond donors (Lipinski definition) is 3. The van der Waals surface area contributed by atoms with Gasteiger partial charge in [-0.25, -0.2) is 4.98 Å². The molecule has 1 fully saturated rings. The molecule has 3 rings (SSSR count). The highest BCUT2D eigenvalue weighted by Gasteiger charge is 2.34. The molecule has 1 saturated heterocycles. The van der Waals surface area contributed by atoms with Crippen LogP contribution in [0.3, 0.4) is 0 Å². The summed E-state index contributed by atoms with van der Waals surface area (Å²) >= 11 is 0. The van der Waals surface area contributed by atoms with Crippen LogP contribution in [0.1, 0.15) is 18.7 Å². The van der Waals surface area contributed by atoms with Gasteiger partial charge in [-0.3, -0.25) is 4.99 Å². The molecule has 1 atom stereocenters. The lowest BCUT2D eigenvalue weighted by Crippen LogP contribution is -2.44. The van der Waals surface area contributed by atoms with Crippen molar-refractivity contribution >= 4 is 29.9 Å². The number of aromatic nitrogens is 1. The Kier molecular flexibility index (Phi) is 8.52. The lowest BCUT2D eigenvalue weighted by Gasteiger charge is -2.27. The standard InChI is InChI=1S/C19H26N4O3.HI/c1-20-18(23-13-19(7-9-24)8-10-25-14-19)22-12-17-21-11-16(26-17)15-5-3-2-4-6-15;/h2-6,11,24H,7-10,12-14H2,1H3,(H2,20,22,23);1H. The summed E-state index contributed by atoms with van der Waals surface area (Å²) < 4.78 is 11.3. The highest BCUT2D eigenvalue weighted by Crippen LogP contribution is 2.31. The van der Waals surface area contributed by atoms with Crippen LogP contribution in [0.2, 0.25) is 0 Å². The van der Waals surface area contributed by atoms with Gasteiger partial charge < -0.3 is 24.9 Å². The Hall–Kier alpha value is -1.65. The molecule has 0 amide bonds. The van der Waals surface area contributed by atoms with Crippen LogP contribution in [-0.4, -0.2) is 49.5 Å². The predicted molar refractivity (Wildman–Crippen MR) is 115 cm³/mol.